The van der Waals surface area contributed by atoms with Crippen molar-refractivity contribution in [2.75, 3.05) is 20.2 Å². The lowest BCUT2D eigenvalue weighted by Crippen LogP contribution is -2.46. The molecule has 3 aromatic carbocycles. The Morgan fingerprint density at radius 3 is 2.43 bits per heavy atom. The predicted molar refractivity (Wildman–Crippen MR) is 131 cm³/mol. The molecule has 3 aromatic rings. The zero-order valence-corrected chi connectivity index (χ0v) is 19.3. The number of amides is 2. The fourth-order valence-corrected chi connectivity index (χ4v) is 3.94. The molecule has 0 saturated carbocycles. The van der Waals surface area contributed by atoms with Crippen molar-refractivity contribution in [1.29, 1.82) is 0 Å². The van der Waals surface area contributed by atoms with Crippen LogP contribution in [0.25, 0.3) is 0 Å². The topological polar surface area (TPSA) is 100 Å². The number of para-hydroxylation sites is 1. The van der Waals surface area contributed by atoms with Crippen molar-refractivity contribution in [2.24, 2.45) is 5.16 Å². The van der Waals surface area contributed by atoms with Crippen LogP contribution in [-0.2, 0) is 9.63 Å². The van der Waals surface area contributed by atoms with Crippen LogP contribution in [0.5, 0.6) is 11.5 Å². The smallest absolute Gasteiger partial charge is 0.255 e. The number of aliphatic hydroxyl groups is 1. The van der Waals surface area contributed by atoms with E-state index in [1.54, 1.807) is 36.4 Å². The summed E-state index contributed by atoms with van der Waals surface area (Å²) in [5.41, 5.74) is 1.67. The number of ether oxygens (including phenoxy) is 1. The Bertz CT molecular complexity index is 1180. The second kappa shape index (κ2) is 11.3. The molecule has 2 N–H and O–H groups in total. The number of nitrogens with zero attached hydrogens (tertiary/aromatic N) is 2. The number of rotatable bonds is 8. The van der Waals surface area contributed by atoms with E-state index in [-0.39, 0.29) is 31.3 Å². The maximum absolute atomic E-state index is 13.4. The monoisotopic (exact) mass is 473 g/mol. The van der Waals surface area contributed by atoms with Crippen molar-refractivity contribution in [3.8, 4) is 11.5 Å². The molecule has 1 aliphatic heterocycles. The minimum absolute atomic E-state index is 0.0263. The van der Waals surface area contributed by atoms with E-state index >= 15 is 0 Å². The summed E-state index contributed by atoms with van der Waals surface area (Å²) < 4.78 is 5.85. The quantitative estimate of drug-likeness (QED) is 0.488. The van der Waals surface area contributed by atoms with Gasteiger partial charge in [-0.15, -0.1) is 0 Å². The predicted octanol–water partition coefficient (Wildman–Crippen LogP) is 3.55. The Labute approximate surface area is 203 Å². The molecule has 1 aliphatic rings. The van der Waals surface area contributed by atoms with Crippen LogP contribution in [-0.4, -0.2) is 53.8 Å². The molecule has 35 heavy (non-hydrogen) atoms. The van der Waals surface area contributed by atoms with Crippen LogP contribution in [0.15, 0.2) is 90.1 Å². The van der Waals surface area contributed by atoms with Crippen LogP contribution in [0.3, 0.4) is 0 Å². The second-order valence-corrected chi connectivity index (χ2v) is 8.11. The van der Waals surface area contributed by atoms with E-state index in [4.69, 9.17) is 9.57 Å². The van der Waals surface area contributed by atoms with Crippen LogP contribution in [0.4, 0.5) is 0 Å². The number of hydrogen-bond donors (Lipinski definition) is 2. The average Bonchev–Trinajstić information content (AvgIpc) is 3.32. The first-order chi connectivity index (χ1) is 17.0. The third-order valence-electron chi connectivity index (χ3n) is 5.66. The van der Waals surface area contributed by atoms with E-state index in [0.29, 0.717) is 28.3 Å². The van der Waals surface area contributed by atoms with Gasteiger partial charge in [-0.3, -0.25) is 9.59 Å². The number of benzene rings is 3. The maximum atomic E-state index is 13.4. The van der Waals surface area contributed by atoms with Crippen LogP contribution in [0.2, 0.25) is 0 Å². The number of likely N-dealkylation sites (tertiary alicyclic amines) is 1. The second-order valence-electron chi connectivity index (χ2n) is 8.11. The standard InChI is InChI=1S/C27H27N3O5/c1-34-29-21-16-24(26(32)28-17-25(31)19-9-4-2-5-10-19)30(18-21)27(33)20-11-8-14-23(15-20)35-22-12-6-3-7-13-22/h2-15,24-25,31H,16-18H2,1H3,(H,28,32)/t24-,25+/m0/s1. The first kappa shape index (κ1) is 24.0. The lowest BCUT2D eigenvalue weighted by Gasteiger charge is -2.24. The molecule has 2 amide bonds. The Hall–Kier alpha value is -4.17. The third-order valence-corrected chi connectivity index (χ3v) is 5.66. The highest BCUT2D eigenvalue weighted by atomic mass is 16.6. The number of oxime groups is 1. The van der Waals surface area contributed by atoms with E-state index in [1.165, 1.54) is 12.0 Å². The van der Waals surface area contributed by atoms with Crippen LogP contribution in [0.1, 0.15) is 28.4 Å². The van der Waals surface area contributed by atoms with E-state index < -0.39 is 12.1 Å². The highest BCUT2D eigenvalue weighted by Crippen LogP contribution is 2.25. The summed E-state index contributed by atoms with van der Waals surface area (Å²) in [7, 11) is 1.42. The minimum Gasteiger partial charge on any atom is -0.457 e. The van der Waals surface area contributed by atoms with E-state index in [0.717, 1.165) is 0 Å². The maximum Gasteiger partial charge on any atom is 0.255 e. The number of aliphatic hydroxyl groups excluding tert-OH is 1. The molecule has 8 heteroatoms. The normalized spacial score (nSPS) is 17.1. The van der Waals surface area contributed by atoms with Gasteiger partial charge in [0.2, 0.25) is 5.91 Å². The lowest BCUT2D eigenvalue weighted by molar-refractivity contribution is -0.125. The summed E-state index contributed by atoms with van der Waals surface area (Å²) in [6, 6.07) is 24.4. The number of nitrogens with one attached hydrogen (secondary N) is 1. The molecule has 0 spiro atoms. The summed E-state index contributed by atoms with van der Waals surface area (Å²) in [5, 5.41) is 17.1. The molecule has 0 aromatic heterocycles. The molecular weight excluding hydrogens is 446 g/mol. The molecule has 8 nitrogen and oxygen atoms in total. The Balaban J connectivity index is 1.48. The highest BCUT2D eigenvalue weighted by Gasteiger charge is 2.38. The highest BCUT2D eigenvalue weighted by molar-refractivity contribution is 6.05. The van der Waals surface area contributed by atoms with Gasteiger partial charge in [0.25, 0.3) is 5.91 Å². The van der Waals surface area contributed by atoms with Crippen LogP contribution < -0.4 is 10.1 Å². The van der Waals surface area contributed by atoms with Crippen molar-refractivity contribution in [2.45, 2.75) is 18.6 Å². The molecule has 0 radical (unpaired) electrons. The lowest BCUT2D eigenvalue weighted by atomic mass is 10.1. The summed E-state index contributed by atoms with van der Waals surface area (Å²) in [4.78, 5) is 32.8. The number of carbonyl (C=O) groups is 2. The summed E-state index contributed by atoms with van der Waals surface area (Å²) >= 11 is 0. The van der Waals surface area contributed by atoms with Gasteiger partial charge >= 0.3 is 0 Å². The molecule has 4 rings (SSSR count). The fraction of sp³-hybridized carbons (Fsp3) is 0.222. The SMILES string of the molecule is CON=C1C[C@@H](C(=O)NC[C@@H](O)c2ccccc2)N(C(=O)c2cccc(Oc3ccccc3)c2)C1. The molecule has 0 aliphatic carbocycles. The Morgan fingerprint density at radius 2 is 1.71 bits per heavy atom. The van der Waals surface area contributed by atoms with Crippen LogP contribution in [0, 0.1) is 0 Å². The van der Waals surface area contributed by atoms with E-state index in [2.05, 4.69) is 10.5 Å². The van der Waals surface area contributed by atoms with Gasteiger partial charge in [0.1, 0.15) is 24.7 Å². The van der Waals surface area contributed by atoms with E-state index in [1.807, 2.05) is 48.5 Å². The van der Waals surface area contributed by atoms with Gasteiger partial charge in [-0.25, -0.2) is 0 Å². The van der Waals surface area contributed by atoms with Gasteiger partial charge in [0.15, 0.2) is 0 Å². The zero-order valence-electron chi connectivity index (χ0n) is 19.3. The number of hydrogen-bond acceptors (Lipinski definition) is 6. The van der Waals surface area contributed by atoms with Crippen LogP contribution >= 0.6 is 0 Å². The fourth-order valence-electron chi connectivity index (χ4n) is 3.94. The molecule has 1 heterocycles. The largest absolute Gasteiger partial charge is 0.457 e. The number of carbonyl (C=O) groups excluding carboxylic acids is 2. The summed E-state index contributed by atoms with van der Waals surface area (Å²) in [5.74, 6) is 0.473. The van der Waals surface area contributed by atoms with Crippen molar-refractivity contribution >= 4 is 17.5 Å². The van der Waals surface area contributed by atoms with Gasteiger partial charge in [-0.1, -0.05) is 59.8 Å². The zero-order chi connectivity index (χ0) is 24.6. The Morgan fingerprint density at radius 1 is 1.03 bits per heavy atom. The summed E-state index contributed by atoms with van der Waals surface area (Å²) in [6.45, 7) is 0.189. The van der Waals surface area contributed by atoms with Crippen molar-refractivity contribution in [3.05, 3.63) is 96.1 Å². The molecule has 180 valence electrons. The van der Waals surface area contributed by atoms with Gasteiger partial charge in [-0.2, -0.15) is 0 Å². The summed E-state index contributed by atoms with van der Waals surface area (Å²) in [6.07, 6.45) is -0.614. The van der Waals surface area contributed by atoms with Gasteiger partial charge < -0.3 is 24.9 Å². The van der Waals surface area contributed by atoms with Gasteiger partial charge in [0, 0.05) is 18.5 Å². The average molecular weight is 474 g/mol. The Kier molecular flexibility index (Phi) is 7.74. The molecule has 2 atom stereocenters. The van der Waals surface area contributed by atoms with Crippen molar-refractivity contribution in [1.82, 2.24) is 10.2 Å². The minimum atomic E-state index is -0.857. The first-order valence-electron chi connectivity index (χ1n) is 11.3. The van der Waals surface area contributed by atoms with Gasteiger partial charge in [0.05, 0.1) is 18.4 Å². The molecule has 1 saturated heterocycles. The van der Waals surface area contributed by atoms with E-state index in [9.17, 15) is 14.7 Å². The molecule has 1 fully saturated rings. The van der Waals surface area contributed by atoms with Crippen molar-refractivity contribution < 1.29 is 24.3 Å². The van der Waals surface area contributed by atoms with Gasteiger partial charge in [-0.05, 0) is 35.9 Å². The molecule has 0 bridgehead atoms. The first-order valence-corrected chi connectivity index (χ1v) is 11.3. The van der Waals surface area contributed by atoms with Crippen molar-refractivity contribution in [3.63, 3.8) is 0 Å². The molecular formula is C27H27N3O5. The third kappa shape index (κ3) is 6.04. The molecule has 0 unspecified atom stereocenters.